The molecule has 0 spiro atoms. The van der Waals surface area contributed by atoms with Gasteiger partial charge in [0, 0.05) is 6.08 Å². The lowest BCUT2D eigenvalue weighted by Gasteiger charge is -2.08. The number of aliphatic imine (C=N–C) groups is 1. The summed E-state index contributed by atoms with van der Waals surface area (Å²) in [5, 5.41) is 0. The molecule has 0 aliphatic heterocycles. The maximum atomic E-state index is 6.02. The van der Waals surface area contributed by atoms with E-state index in [1.54, 1.807) is 12.3 Å². The van der Waals surface area contributed by atoms with E-state index in [2.05, 4.69) is 24.9 Å². The maximum Gasteiger partial charge on any atom is 0.222 e. The van der Waals surface area contributed by atoms with Crippen LogP contribution in [-0.2, 0) is 0 Å². The topological polar surface area (TPSA) is 30.8 Å². The number of ether oxygens (including phenoxy) is 2. The molecule has 0 unspecified atom stereocenters. The van der Waals surface area contributed by atoms with Crippen LogP contribution in [0.25, 0.3) is 0 Å². The molecule has 0 saturated carbocycles. The van der Waals surface area contributed by atoms with Crippen molar-refractivity contribution in [2.75, 3.05) is 0 Å². The molecule has 3 rings (SSSR count). The highest BCUT2D eigenvalue weighted by Crippen LogP contribution is 2.20. The second-order valence-electron chi connectivity index (χ2n) is 6.82. The van der Waals surface area contributed by atoms with Gasteiger partial charge in [-0.05, 0) is 80.3 Å². The minimum Gasteiger partial charge on any atom is -0.465 e. The fraction of sp³-hybridized carbons (Fsp3) is 0.160. The van der Waals surface area contributed by atoms with Crippen LogP contribution < -0.4 is 9.47 Å². The molecule has 0 atom stereocenters. The summed E-state index contributed by atoms with van der Waals surface area (Å²) in [6, 6.07) is 21.9. The lowest BCUT2D eigenvalue weighted by molar-refractivity contribution is 0.475. The molecule has 0 heterocycles. The molecular weight excluding hydrogens is 346 g/mol. The fourth-order valence-electron chi connectivity index (χ4n) is 2.67. The van der Waals surface area contributed by atoms with Crippen molar-refractivity contribution in [3.63, 3.8) is 0 Å². The first-order valence-corrected chi connectivity index (χ1v) is 9.30. The van der Waals surface area contributed by atoms with Gasteiger partial charge in [-0.25, -0.2) is 4.99 Å². The number of rotatable bonds is 5. The molecule has 3 aromatic rings. The summed E-state index contributed by atoms with van der Waals surface area (Å²) >= 11 is 0. The molecule has 0 fully saturated rings. The van der Waals surface area contributed by atoms with Gasteiger partial charge in [0.05, 0.1) is 11.9 Å². The number of para-hydroxylation sites is 1. The molecule has 3 nitrogen and oxygen atoms in total. The first kappa shape index (κ1) is 19.4. The highest BCUT2D eigenvalue weighted by atomic mass is 16.5. The van der Waals surface area contributed by atoms with E-state index in [4.69, 9.17) is 9.47 Å². The standard InChI is InChI=1S/C25H25NO2/c1-18-8-7-10-23(16-18)28-25(26-22-13-12-19(2)21(4)17-22)14-15-27-24-11-6-5-9-20(24)3/h5-17H,1-4H3. The molecule has 142 valence electrons. The molecule has 3 aromatic carbocycles. The van der Waals surface area contributed by atoms with Crippen molar-refractivity contribution in [2.24, 2.45) is 4.99 Å². The number of hydrogen-bond acceptors (Lipinski definition) is 3. The SMILES string of the molecule is Cc1cccc(OC(C=COc2ccccc2C)=Nc2ccc(C)c(C)c2)c1. The Morgan fingerprint density at radius 3 is 2.36 bits per heavy atom. The van der Waals surface area contributed by atoms with E-state index in [-0.39, 0.29) is 0 Å². The van der Waals surface area contributed by atoms with Gasteiger partial charge in [0.2, 0.25) is 5.90 Å². The van der Waals surface area contributed by atoms with Gasteiger partial charge < -0.3 is 9.47 Å². The Morgan fingerprint density at radius 2 is 1.61 bits per heavy atom. The zero-order valence-corrected chi connectivity index (χ0v) is 16.8. The summed E-state index contributed by atoms with van der Waals surface area (Å²) in [6.45, 7) is 8.20. The average Bonchev–Trinajstić information content (AvgIpc) is 2.66. The lowest BCUT2D eigenvalue weighted by Crippen LogP contribution is -2.05. The minimum absolute atomic E-state index is 0.461. The van der Waals surface area contributed by atoms with Gasteiger partial charge in [0.15, 0.2) is 0 Å². The van der Waals surface area contributed by atoms with E-state index in [1.165, 1.54) is 11.1 Å². The number of benzene rings is 3. The third kappa shape index (κ3) is 5.34. The summed E-state index contributed by atoms with van der Waals surface area (Å²) in [5.74, 6) is 2.00. The second-order valence-corrected chi connectivity index (χ2v) is 6.82. The third-order valence-electron chi connectivity index (χ3n) is 4.44. The van der Waals surface area contributed by atoms with Crippen molar-refractivity contribution in [2.45, 2.75) is 27.7 Å². The highest BCUT2D eigenvalue weighted by Gasteiger charge is 2.03. The van der Waals surface area contributed by atoms with E-state index in [0.29, 0.717) is 5.90 Å². The van der Waals surface area contributed by atoms with E-state index in [1.807, 2.05) is 74.5 Å². The van der Waals surface area contributed by atoms with Crippen molar-refractivity contribution in [1.29, 1.82) is 0 Å². The summed E-state index contributed by atoms with van der Waals surface area (Å²) in [4.78, 5) is 4.67. The summed E-state index contributed by atoms with van der Waals surface area (Å²) in [6.07, 6.45) is 3.35. The Labute approximate surface area is 167 Å². The first-order valence-electron chi connectivity index (χ1n) is 9.30. The number of aryl methyl sites for hydroxylation is 4. The molecule has 0 N–H and O–H groups in total. The van der Waals surface area contributed by atoms with Crippen LogP contribution in [0.4, 0.5) is 5.69 Å². The molecular formula is C25H25NO2. The molecule has 0 aliphatic rings. The van der Waals surface area contributed by atoms with Gasteiger partial charge in [-0.15, -0.1) is 0 Å². The van der Waals surface area contributed by atoms with Crippen LogP contribution >= 0.6 is 0 Å². The van der Waals surface area contributed by atoms with Crippen LogP contribution in [0.15, 0.2) is 84.1 Å². The summed E-state index contributed by atoms with van der Waals surface area (Å²) in [5.41, 5.74) is 5.46. The van der Waals surface area contributed by atoms with Crippen molar-refractivity contribution in [3.8, 4) is 11.5 Å². The van der Waals surface area contributed by atoms with Crippen LogP contribution in [0.2, 0.25) is 0 Å². The van der Waals surface area contributed by atoms with Gasteiger partial charge in [-0.3, -0.25) is 0 Å². The van der Waals surface area contributed by atoms with Gasteiger partial charge in [-0.1, -0.05) is 36.4 Å². The normalized spacial score (nSPS) is 11.6. The maximum absolute atomic E-state index is 6.02. The predicted octanol–water partition coefficient (Wildman–Crippen LogP) is 6.62. The Kier molecular flexibility index (Phi) is 6.28. The van der Waals surface area contributed by atoms with Gasteiger partial charge in [0.25, 0.3) is 0 Å². The van der Waals surface area contributed by atoms with E-state index in [0.717, 1.165) is 28.3 Å². The molecule has 3 heteroatoms. The van der Waals surface area contributed by atoms with Crippen LogP contribution in [0.3, 0.4) is 0 Å². The molecule has 0 bridgehead atoms. The Hall–Kier alpha value is -3.33. The molecule has 28 heavy (non-hydrogen) atoms. The Balaban J connectivity index is 1.87. The number of nitrogens with zero attached hydrogens (tertiary/aromatic N) is 1. The quantitative estimate of drug-likeness (QED) is 0.286. The van der Waals surface area contributed by atoms with E-state index in [9.17, 15) is 0 Å². The van der Waals surface area contributed by atoms with E-state index >= 15 is 0 Å². The largest absolute Gasteiger partial charge is 0.465 e. The Morgan fingerprint density at radius 1 is 0.786 bits per heavy atom. The van der Waals surface area contributed by atoms with Crippen molar-refractivity contribution in [3.05, 3.63) is 101 Å². The molecule has 0 saturated heterocycles. The van der Waals surface area contributed by atoms with Crippen molar-refractivity contribution < 1.29 is 9.47 Å². The van der Waals surface area contributed by atoms with Gasteiger partial charge in [0.1, 0.15) is 11.5 Å². The lowest BCUT2D eigenvalue weighted by atomic mass is 10.1. The summed E-state index contributed by atoms with van der Waals surface area (Å²) < 4.78 is 11.8. The average molecular weight is 371 g/mol. The van der Waals surface area contributed by atoms with Crippen LogP contribution in [0.5, 0.6) is 11.5 Å². The van der Waals surface area contributed by atoms with Crippen molar-refractivity contribution in [1.82, 2.24) is 0 Å². The zero-order chi connectivity index (χ0) is 19.9. The molecule has 0 aromatic heterocycles. The van der Waals surface area contributed by atoms with Gasteiger partial charge >= 0.3 is 0 Å². The fourth-order valence-corrected chi connectivity index (χ4v) is 2.67. The molecule has 0 aliphatic carbocycles. The number of hydrogen-bond donors (Lipinski definition) is 0. The monoisotopic (exact) mass is 371 g/mol. The molecule has 0 radical (unpaired) electrons. The zero-order valence-electron chi connectivity index (χ0n) is 16.8. The predicted molar refractivity (Wildman–Crippen MR) is 116 cm³/mol. The first-order chi connectivity index (χ1) is 13.5. The third-order valence-corrected chi connectivity index (χ3v) is 4.44. The second kappa shape index (κ2) is 9.05. The Bertz CT molecular complexity index is 1020. The van der Waals surface area contributed by atoms with E-state index < -0.39 is 0 Å². The van der Waals surface area contributed by atoms with Crippen molar-refractivity contribution >= 4 is 11.6 Å². The molecule has 0 amide bonds. The van der Waals surface area contributed by atoms with Crippen LogP contribution in [-0.4, -0.2) is 5.90 Å². The van der Waals surface area contributed by atoms with Crippen LogP contribution in [0.1, 0.15) is 22.3 Å². The highest BCUT2D eigenvalue weighted by molar-refractivity contribution is 5.91. The minimum atomic E-state index is 0.461. The van der Waals surface area contributed by atoms with Gasteiger partial charge in [-0.2, -0.15) is 0 Å². The smallest absolute Gasteiger partial charge is 0.222 e. The van der Waals surface area contributed by atoms with Crippen LogP contribution in [0, 0.1) is 27.7 Å². The summed E-state index contributed by atoms with van der Waals surface area (Å²) in [7, 11) is 0.